The molecule has 0 unspecified atom stereocenters. The van der Waals surface area contributed by atoms with Gasteiger partial charge in [0.15, 0.2) is 24.2 Å². The average Bonchev–Trinajstić information content (AvgIpc) is 2.67. The Hall–Kier alpha value is -2.54. The summed E-state index contributed by atoms with van der Waals surface area (Å²) in [5.41, 5.74) is 0.962. The average molecular weight is 363 g/mol. The maximum absolute atomic E-state index is 12.2. The van der Waals surface area contributed by atoms with Crippen molar-refractivity contribution >= 4 is 18.0 Å². The molecule has 0 spiro atoms. The lowest BCUT2D eigenvalue weighted by Crippen LogP contribution is -2.46. The van der Waals surface area contributed by atoms with Gasteiger partial charge in [-0.3, -0.25) is 4.79 Å². The van der Waals surface area contributed by atoms with E-state index in [4.69, 9.17) is 18.9 Å². The highest BCUT2D eigenvalue weighted by atomic mass is 16.6. The van der Waals surface area contributed by atoms with Crippen LogP contribution in [-0.4, -0.2) is 62.9 Å². The summed E-state index contributed by atoms with van der Waals surface area (Å²) in [7, 11) is 1.53. The van der Waals surface area contributed by atoms with Crippen LogP contribution in [-0.2, 0) is 19.1 Å². The number of esters is 1. The van der Waals surface area contributed by atoms with Gasteiger partial charge in [0.1, 0.15) is 0 Å². The number of amides is 1. The number of ether oxygens (including phenoxy) is 4. The van der Waals surface area contributed by atoms with Crippen LogP contribution < -0.4 is 9.47 Å². The summed E-state index contributed by atoms with van der Waals surface area (Å²) in [6.45, 7) is 5.19. The summed E-state index contributed by atoms with van der Waals surface area (Å²) < 4.78 is 21.1. The number of carbonyl (C=O) groups is 2. The van der Waals surface area contributed by atoms with Crippen molar-refractivity contribution in [1.82, 2.24) is 4.90 Å². The fraction of sp³-hybridized carbons (Fsp3) is 0.474. The Balaban J connectivity index is 1.87. The lowest BCUT2D eigenvalue weighted by atomic mass is 10.2. The molecule has 1 aliphatic rings. The summed E-state index contributed by atoms with van der Waals surface area (Å²) in [5.74, 6) is 0.115. The molecule has 26 heavy (non-hydrogen) atoms. The van der Waals surface area contributed by atoms with E-state index in [-0.39, 0.29) is 12.5 Å². The topological polar surface area (TPSA) is 74.3 Å². The van der Waals surface area contributed by atoms with Crippen LogP contribution in [0.15, 0.2) is 24.3 Å². The molecule has 0 radical (unpaired) electrons. The molecule has 1 aliphatic heterocycles. The van der Waals surface area contributed by atoms with Crippen LogP contribution in [0.3, 0.4) is 0 Å². The third-order valence-electron chi connectivity index (χ3n) is 3.87. The standard InChI is InChI=1S/C19H25NO6/c1-4-5-15-6-7-16(17(12-15)23-3)25-13-18(21)26-14(2)19(22)20-8-10-24-11-9-20/h4-7,12,14H,8-11,13H2,1-3H3/b5-4+/t14-/m0/s1. The third kappa shape index (κ3) is 5.49. The second-order valence-corrected chi connectivity index (χ2v) is 5.77. The van der Waals surface area contributed by atoms with Gasteiger partial charge in [-0.1, -0.05) is 18.2 Å². The minimum atomic E-state index is -0.858. The minimum absolute atomic E-state index is 0.227. The summed E-state index contributed by atoms with van der Waals surface area (Å²) in [4.78, 5) is 25.9. The predicted molar refractivity (Wildman–Crippen MR) is 96.2 cm³/mol. The van der Waals surface area contributed by atoms with Gasteiger partial charge in [-0.2, -0.15) is 0 Å². The monoisotopic (exact) mass is 363 g/mol. The molecule has 1 aromatic carbocycles. The molecule has 0 bridgehead atoms. The summed E-state index contributed by atoms with van der Waals surface area (Å²) in [6.07, 6.45) is 2.99. The number of hydrogen-bond acceptors (Lipinski definition) is 6. The maximum atomic E-state index is 12.2. The largest absolute Gasteiger partial charge is 0.493 e. The van der Waals surface area contributed by atoms with Gasteiger partial charge in [0.2, 0.25) is 0 Å². The van der Waals surface area contributed by atoms with Crippen molar-refractivity contribution in [2.24, 2.45) is 0 Å². The highest BCUT2D eigenvalue weighted by Gasteiger charge is 2.25. The Labute approximate surface area is 153 Å². The van der Waals surface area contributed by atoms with Gasteiger partial charge in [0.05, 0.1) is 20.3 Å². The van der Waals surface area contributed by atoms with Crippen molar-refractivity contribution in [3.63, 3.8) is 0 Å². The Bertz CT molecular complexity index is 651. The highest BCUT2D eigenvalue weighted by Crippen LogP contribution is 2.28. The number of morpholine rings is 1. The van der Waals surface area contributed by atoms with Crippen molar-refractivity contribution in [1.29, 1.82) is 0 Å². The smallest absolute Gasteiger partial charge is 0.344 e. The van der Waals surface area contributed by atoms with Gasteiger partial charge < -0.3 is 23.8 Å². The summed E-state index contributed by atoms with van der Waals surface area (Å²) >= 11 is 0. The number of methoxy groups -OCH3 is 1. The van der Waals surface area contributed by atoms with Gasteiger partial charge >= 0.3 is 5.97 Å². The number of hydrogen-bond donors (Lipinski definition) is 0. The SMILES string of the molecule is C/C=C/c1ccc(OCC(=O)O[C@@H](C)C(=O)N2CCOCC2)c(OC)c1. The Morgan fingerprint density at radius 2 is 2.00 bits per heavy atom. The van der Waals surface area contributed by atoms with E-state index < -0.39 is 12.1 Å². The summed E-state index contributed by atoms with van der Waals surface area (Å²) in [5, 5.41) is 0. The van der Waals surface area contributed by atoms with E-state index >= 15 is 0 Å². The number of benzene rings is 1. The molecule has 1 saturated heterocycles. The van der Waals surface area contributed by atoms with Crippen LogP contribution in [0.4, 0.5) is 0 Å². The molecule has 0 aliphatic carbocycles. The molecule has 142 valence electrons. The lowest BCUT2D eigenvalue weighted by Gasteiger charge is -2.28. The molecule has 0 aromatic heterocycles. The first-order chi connectivity index (χ1) is 12.5. The van der Waals surface area contributed by atoms with Gasteiger partial charge in [-0.05, 0) is 31.5 Å². The Morgan fingerprint density at radius 1 is 1.27 bits per heavy atom. The van der Waals surface area contributed by atoms with Crippen LogP contribution >= 0.6 is 0 Å². The molecular formula is C19H25NO6. The van der Waals surface area contributed by atoms with E-state index in [2.05, 4.69) is 0 Å². The summed E-state index contributed by atoms with van der Waals surface area (Å²) in [6, 6.07) is 5.39. The first kappa shape index (κ1) is 19.8. The van der Waals surface area contributed by atoms with Gasteiger partial charge in [0, 0.05) is 13.1 Å². The lowest BCUT2D eigenvalue weighted by molar-refractivity contribution is -0.162. The van der Waals surface area contributed by atoms with Crippen LogP contribution in [0.5, 0.6) is 11.5 Å². The van der Waals surface area contributed by atoms with Gasteiger partial charge in [-0.15, -0.1) is 0 Å². The number of carbonyl (C=O) groups excluding carboxylic acids is 2. The molecule has 7 heteroatoms. The van der Waals surface area contributed by atoms with Crippen molar-refractivity contribution in [2.45, 2.75) is 20.0 Å². The number of rotatable bonds is 7. The zero-order valence-electron chi connectivity index (χ0n) is 15.4. The zero-order chi connectivity index (χ0) is 18.9. The molecule has 0 N–H and O–H groups in total. The van der Waals surface area contributed by atoms with Crippen LogP contribution in [0.25, 0.3) is 6.08 Å². The van der Waals surface area contributed by atoms with E-state index in [1.54, 1.807) is 17.9 Å². The van der Waals surface area contributed by atoms with Crippen molar-refractivity contribution in [3.8, 4) is 11.5 Å². The molecular weight excluding hydrogens is 338 g/mol. The zero-order valence-corrected chi connectivity index (χ0v) is 15.4. The van der Waals surface area contributed by atoms with Gasteiger partial charge in [-0.25, -0.2) is 4.79 Å². The van der Waals surface area contributed by atoms with E-state index in [0.29, 0.717) is 37.8 Å². The molecule has 1 heterocycles. The van der Waals surface area contributed by atoms with E-state index in [1.165, 1.54) is 7.11 Å². The van der Waals surface area contributed by atoms with Crippen LogP contribution in [0.1, 0.15) is 19.4 Å². The molecule has 2 rings (SSSR count). The van der Waals surface area contributed by atoms with E-state index in [1.807, 2.05) is 31.2 Å². The van der Waals surface area contributed by atoms with Crippen LogP contribution in [0, 0.1) is 0 Å². The van der Waals surface area contributed by atoms with E-state index in [9.17, 15) is 9.59 Å². The molecule has 1 amide bonds. The van der Waals surface area contributed by atoms with Gasteiger partial charge in [0.25, 0.3) is 5.91 Å². The number of nitrogens with zero attached hydrogens (tertiary/aromatic N) is 1. The number of allylic oxidation sites excluding steroid dienone is 1. The Morgan fingerprint density at radius 3 is 2.65 bits per heavy atom. The predicted octanol–water partition coefficient (Wildman–Crippen LogP) is 1.90. The maximum Gasteiger partial charge on any atom is 0.344 e. The van der Waals surface area contributed by atoms with Crippen molar-refractivity contribution < 1.29 is 28.5 Å². The fourth-order valence-electron chi connectivity index (χ4n) is 2.56. The second kappa shape index (κ2) is 9.82. The van der Waals surface area contributed by atoms with Crippen molar-refractivity contribution in [2.75, 3.05) is 40.0 Å². The first-order valence-electron chi connectivity index (χ1n) is 8.54. The molecule has 0 saturated carbocycles. The second-order valence-electron chi connectivity index (χ2n) is 5.77. The molecule has 1 aromatic rings. The Kier molecular flexibility index (Phi) is 7.47. The molecule has 1 atom stereocenters. The minimum Gasteiger partial charge on any atom is -0.493 e. The normalized spacial score (nSPS) is 15.6. The third-order valence-corrected chi connectivity index (χ3v) is 3.87. The molecule has 1 fully saturated rings. The van der Waals surface area contributed by atoms with Crippen LogP contribution in [0.2, 0.25) is 0 Å². The fourth-order valence-corrected chi connectivity index (χ4v) is 2.56. The highest BCUT2D eigenvalue weighted by molar-refractivity contribution is 5.83. The quantitative estimate of drug-likeness (QED) is 0.689. The first-order valence-corrected chi connectivity index (χ1v) is 8.54. The molecule has 7 nitrogen and oxygen atoms in total. The van der Waals surface area contributed by atoms with E-state index in [0.717, 1.165) is 5.56 Å². The van der Waals surface area contributed by atoms with Crippen molar-refractivity contribution in [3.05, 3.63) is 29.8 Å².